The third-order valence-corrected chi connectivity index (χ3v) is 3.92. The highest BCUT2D eigenvalue weighted by atomic mass is 16.5. The van der Waals surface area contributed by atoms with Gasteiger partial charge in [-0.1, -0.05) is 18.2 Å². The van der Waals surface area contributed by atoms with E-state index in [0.29, 0.717) is 0 Å². The van der Waals surface area contributed by atoms with Gasteiger partial charge in [0.05, 0.1) is 5.60 Å². The number of aromatic nitrogens is 1. The Morgan fingerprint density at radius 2 is 2.00 bits per heavy atom. The first-order valence-electron chi connectivity index (χ1n) is 7.30. The molecule has 110 valence electrons. The number of fused-ring (bicyclic) bond motifs is 1. The zero-order valence-corrected chi connectivity index (χ0v) is 13.0. The summed E-state index contributed by atoms with van der Waals surface area (Å²) in [5, 5.41) is 1.32. The molecule has 0 aliphatic carbocycles. The Balaban J connectivity index is 2.29. The number of methoxy groups -OCH3 is 1. The molecular weight excluding hydrogens is 248 g/mol. The third kappa shape index (κ3) is 3.41. The number of hydrogen-bond acceptors (Lipinski definition) is 2. The SMILES string of the molecule is COC(C)(C)CCn1cc(CC(C)N)c2ccccc21. The molecule has 2 N–H and O–H groups in total. The Morgan fingerprint density at radius 3 is 2.65 bits per heavy atom. The standard InChI is InChI=1S/C17H26N2O/c1-13(18)11-14-12-19(10-9-17(2,3)20-4)16-8-6-5-7-15(14)16/h5-8,12-13H,9-11,18H2,1-4H3. The van der Waals surface area contributed by atoms with Crippen molar-refractivity contribution >= 4 is 10.9 Å². The van der Waals surface area contributed by atoms with Crippen molar-refractivity contribution < 1.29 is 4.74 Å². The molecule has 0 fully saturated rings. The number of aryl methyl sites for hydroxylation is 1. The summed E-state index contributed by atoms with van der Waals surface area (Å²) in [6.07, 6.45) is 4.15. The summed E-state index contributed by atoms with van der Waals surface area (Å²) in [5.41, 5.74) is 8.50. The molecule has 1 atom stereocenters. The number of para-hydroxylation sites is 1. The minimum absolute atomic E-state index is 0.0906. The van der Waals surface area contributed by atoms with Gasteiger partial charge in [-0.3, -0.25) is 0 Å². The maximum atomic E-state index is 5.96. The second-order valence-electron chi connectivity index (χ2n) is 6.26. The Morgan fingerprint density at radius 1 is 1.30 bits per heavy atom. The molecule has 0 spiro atoms. The van der Waals surface area contributed by atoms with Crippen LogP contribution >= 0.6 is 0 Å². The van der Waals surface area contributed by atoms with E-state index >= 15 is 0 Å². The average Bonchev–Trinajstić information content (AvgIpc) is 2.75. The third-order valence-electron chi connectivity index (χ3n) is 3.92. The fourth-order valence-corrected chi connectivity index (χ4v) is 2.51. The van der Waals surface area contributed by atoms with Crippen LogP contribution in [0.5, 0.6) is 0 Å². The van der Waals surface area contributed by atoms with E-state index in [2.05, 4.69) is 55.8 Å². The van der Waals surface area contributed by atoms with Crippen LogP contribution in [0.2, 0.25) is 0 Å². The van der Waals surface area contributed by atoms with Crippen LogP contribution in [0.3, 0.4) is 0 Å². The summed E-state index contributed by atoms with van der Waals surface area (Å²) in [6.45, 7) is 7.27. The van der Waals surface area contributed by atoms with Crippen molar-refractivity contribution in [2.24, 2.45) is 5.73 Å². The molecule has 1 aromatic heterocycles. The Labute approximate surface area is 121 Å². The summed E-state index contributed by atoms with van der Waals surface area (Å²) < 4.78 is 7.84. The van der Waals surface area contributed by atoms with Gasteiger partial charge in [0.2, 0.25) is 0 Å². The number of nitrogens with zero attached hydrogens (tertiary/aromatic N) is 1. The summed E-state index contributed by atoms with van der Waals surface area (Å²) >= 11 is 0. The molecule has 0 aliphatic rings. The molecule has 3 nitrogen and oxygen atoms in total. The lowest BCUT2D eigenvalue weighted by Crippen LogP contribution is -2.24. The van der Waals surface area contributed by atoms with E-state index in [9.17, 15) is 0 Å². The number of rotatable bonds is 6. The van der Waals surface area contributed by atoms with Crippen molar-refractivity contribution in [2.75, 3.05) is 7.11 Å². The highest BCUT2D eigenvalue weighted by Gasteiger charge is 2.17. The van der Waals surface area contributed by atoms with Gasteiger partial charge in [-0.15, -0.1) is 0 Å². The van der Waals surface area contributed by atoms with Gasteiger partial charge in [0.25, 0.3) is 0 Å². The lowest BCUT2D eigenvalue weighted by atomic mass is 10.1. The molecule has 1 unspecified atom stereocenters. The van der Waals surface area contributed by atoms with Crippen molar-refractivity contribution in [3.63, 3.8) is 0 Å². The molecule has 1 aromatic carbocycles. The fraction of sp³-hybridized carbons (Fsp3) is 0.529. The number of nitrogens with two attached hydrogens (primary N) is 1. The Bertz CT molecular complexity index is 569. The monoisotopic (exact) mass is 274 g/mol. The summed E-state index contributed by atoms with van der Waals surface area (Å²) in [6, 6.07) is 8.74. The van der Waals surface area contributed by atoms with Crippen molar-refractivity contribution in [3.8, 4) is 0 Å². The molecule has 0 saturated carbocycles. The van der Waals surface area contributed by atoms with Gasteiger partial charge in [-0.25, -0.2) is 0 Å². The van der Waals surface area contributed by atoms with Crippen LogP contribution in [0, 0.1) is 0 Å². The van der Waals surface area contributed by atoms with E-state index in [1.807, 2.05) is 0 Å². The minimum atomic E-state index is -0.0906. The Hall–Kier alpha value is -1.32. The smallest absolute Gasteiger partial charge is 0.0639 e. The first kappa shape index (κ1) is 15.1. The van der Waals surface area contributed by atoms with Crippen molar-refractivity contribution in [1.29, 1.82) is 0 Å². The van der Waals surface area contributed by atoms with Crippen LogP contribution in [0.25, 0.3) is 10.9 Å². The van der Waals surface area contributed by atoms with Crippen molar-refractivity contribution in [1.82, 2.24) is 4.57 Å². The molecule has 0 radical (unpaired) electrons. The van der Waals surface area contributed by atoms with Gasteiger partial charge >= 0.3 is 0 Å². The van der Waals surface area contributed by atoms with Crippen LogP contribution in [0.4, 0.5) is 0 Å². The summed E-state index contributed by atoms with van der Waals surface area (Å²) in [7, 11) is 1.77. The van der Waals surface area contributed by atoms with Crippen LogP contribution in [0.15, 0.2) is 30.5 Å². The first-order valence-corrected chi connectivity index (χ1v) is 7.30. The van der Waals surface area contributed by atoms with Crippen molar-refractivity contribution in [3.05, 3.63) is 36.0 Å². The van der Waals surface area contributed by atoms with E-state index in [1.54, 1.807) is 7.11 Å². The number of benzene rings is 1. The number of ether oxygens (including phenoxy) is 1. The summed E-state index contributed by atoms with van der Waals surface area (Å²) in [5.74, 6) is 0. The number of hydrogen-bond donors (Lipinski definition) is 1. The average molecular weight is 274 g/mol. The van der Waals surface area contributed by atoms with E-state index in [4.69, 9.17) is 10.5 Å². The molecule has 0 bridgehead atoms. The van der Waals surface area contributed by atoms with E-state index < -0.39 is 0 Å². The molecule has 1 heterocycles. The van der Waals surface area contributed by atoms with Gasteiger partial charge in [0, 0.05) is 36.8 Å². The molecule has 2 aromatic rings. The van der Waals surface area contributed by atoms with Gasteiger partial charge in [-0.05, 0) is 45.2 Å². The van der Waals surface area contributed by atoms with Gasteiger partial charge in [-0.2, -0.15) is 0 Å². The van der Waals surface area contributed by atoms with E-state index in [1.165, 1.54) is 16.5 Å². The predicted molar refractivity (Wildman–Crippen MR) is 85.0 cm³/mol. The quantitative estimate of drug-likeness (QED) is 0.877. The molecule has 2 rings (SSSR count). The predicted octanol–water partition coefficient (Wildman–Crippen LogP) is 3.35. The second kappa shape index (κ2) is 5.98. The van der Waals surface area contributed by atoms with E-state index in [0.717, 1.165) is 19.4 Å². The van der Waals surface area contributed by atoms with Gasteiger partial charge in [0.1, 0.15) is 0 Å². The maximum absolute atomic E-state index is 5.96. The van der Waals surface area contributed by atoms with Crippen molar-refractivity contribution in [2.45, 2.75) is 51.8 Å². The zero-order chi connectivity index (χ0) is 14.8. The Kier molecular flexibility index (Phi) is 4.51. The topological polar surface area (TPSA) is 40.2 Å². The van der Waals surface area contributed by atoms with E-state index in [-0.39, 0.29) is 11.6 Å². The first-order chi connectivity index (χ1) is 9.43. The molecule has 0 saturated heterocycles. The lowest BCUT2D eigenvalue weighted by molar-refractivity contribution is 0.0123. The van der Waals surface area contributed by atoms with Gasteiger partial charge < -0.3 is 15.0 Å². The molecule has 0 amide bonds. The molecule has 3 heteroatoms. The minimum Gasteiger partial charge on any atom is -0.379 e. The lowest BCUT2D eigenvalue weighted by Gasteiger charge is -2.23. The maximum Gasteiger partial charge on any atom is 0.0639 e. The zero-order valence-electron chi connectivity index (χ0n) is 13.0. The summed E-state index contributed by atoms with van der Waals surface area (Å²) in [4.78, 5) is 0. The highest BCUT2D eigenvalue weighted by molar-refractivity contribution is 5.84. The molecular formula is C17H26N2O. The second-order valence-corrected chi connectivity index (χ2v) is 6.26. The normalized spacial score (nSPS) is 13.8. The van der Waals surface area contributed by atoms with Crippen LogP contribution in [0.1, 0.15) is 32.8 Å². The molecule has 20 heavy (non-hydrogen) atoms. The van der Waals surface area contributed by atoms with Gasteiger partial charge in [0.15, 0.2) is 0 Å². The van der Waals surface area contributed by atoms with Crippen LogP contribution < -0.4 is 5.73 Å². The van der Waals surface area contributed by atoms with Crippen LogP contribution in [-0.4, -0.2) is 23.3 Å². The van der Waals surface area contributed by atoms with Crippen LogP contribution in [-0.2, 0) is 17.7 Å². The fourth-order valence-electron chi connectivity index (χ4n) is 2.51. The largest absolute Gasteiger partial charge is 0.379 e. The highest BCUT2D eigenvalue weighted by Crippen LogP contribution is 2.24. The molecule has 0 aliphatic heterocycles.